The summed E-state index contributed by atoms with van der Waals surface area (Å²) in [5, 5.41) is 0. The molecule has 0 aromatic carbocycles. The van der Waals surface area contributed by atoms with Crippen LogP contribution in [-0.2, 0) is 32.7 Å². The van der Waals surface area contributed by atoms with E-state index in [9.17, 15) is 19.0 Å². The Kier molecular flexibility index (Phi) is 8.74. The molecule has 0 aromatic heterocycles. The maximum atomic E-state index is 11.2. The maximum Gasteiger partial charge on any atom is 0.333 e. The van der Waals surface area contributed by atoms with Crippen LogP contribution in [0.3, 0.4) is 0 Å². The fraction of sp³-hybridized carbons (Fsp3) is 0.455. The Hall–Kier alpha value is -1.47. The van der Waals surface area contributed by atoms with Crippen molar-refractivity contribution in [1.82, 2.24) is 0 Å². The largest absolute Gasteiger partial charge is 0.756 e. The van der Waals surface area contributed by atoms with Crippen molar-refractivity contribution in [2.24, 2.45) is 0 Å². The van der Waals surface area contributed by atoms with Crippen LogP contribution in [0.4, 0.5) is 0 Å². The molecule has 0 aliphatic heterocycles. The Morgan fingerprint density at radius 1 is 1.15 bits per heavy atom. The molecule has 0 heterocycles. The first kappa shape index (κ1) is 18.5. The van der Waals surface area contributed by atoms with Crippen molar-refractivity contribution in [3.05, 3.63) is 24.8 Å². The normalized spacial score (nSPS) is 13.1. The zero-order valence-corrected chi connectivity index (χ0v) is 11.9. The zero-order valence-electron chi connectivity index (χ0n) is 11.0. The first-order chi connectivity index (χ1) is 9.28. The number of carbonyl (C=O) groups excluding carboxylic acids is 2. The number of esters is 2. The highest BCUT2D eigenvalue weighted by Crippen LogP contribution is 2.37. The van der Waals surface area contributed by atoms with Gasteiger partial charge in [-0.2, -0.15) is 0 Å². The summed E-state index contributed by atoms with van der Waals surface area (Å²) in [7, 11) is -4.53. The van der Waals surface area contributed by atoms with Gasteiger partial charge >= 0.3 is 11.9 Å². The summed E-state index contributed by atoms with van der Waals surface area (Å²) in [5.74, 6) is -1.34. The molecule has 0 N–H and O–H groups in total. The molecule has 0 rings (SSSR count). The van der Waals surface area contributed by atoms with Crippen LogP contribution in [0.5, 0.6) is 0 Å². The molecule has 0 spiro atoms. The highest BCUT2D eigenvalue weighted by atomic mass is 31.2. The number of hydrogen-bond acceptors (Lipinski definition) is 8. The van der Waals surface area contributed by atoms with Gasteiger partial charge in [-0.3, -0.25) is 4.57 Å². The molecule has 8 nitrogen and oxygen atoms in total. The Labute approximate surface area is 116 Å². The minimum atomic E-state index is -4.53. The van der Waals surface area contributed by atoms with Crippen LogP contribution in [0.1, 0.15) is 6.92 Å². The lowest BCUT2D eigenvalue weighted by Gasteiger charge is -2.22. The number of hydrogen-bond donors (Lipinski definition) is 0. The average molecular weight is 307 g/mol. The standard InChI is InChI=1S/C11H17O8P/c1-4-10(12)16-5-7-18-20(14,15)19-8-6-17-11(13)9(2)3/h4H,1-2,5-8H2,3H3,(H,14,15)/p-1. The minimum absolute atomic E-state index is 0.190. The van der Waals surface area contributed by atoms with Crippen molar-refractivity contribution < 1.29 is 37.6 Å². The van der Waals surface area contributed by atoms with E-state index < -0.39 is 19.8 Å². The average Bonchev–Trinajstić information content (AvgIpc) is 2.39. The summed E-state index contributed by atoms with van der Waals surface area (Å²) in [6, 6.07) is 0. The van der Waals surface area contributed by atoms with Gasteiger partial charge in [0.25, 0.3) is 7.82 Å². The van der Waals surface area contributed by atoms with E-state index in [1.54, 1.807) is 0 Å². The predicted molar refractivity (Wildman–Crippen MR) is 66.4 cm³/mol. The van der Waals surface area contributed by atoms with E-state index in [0.29, 0.717) is 0 Å². The molecule has 0 fully saturated rings. The molecular weight excluding hydrogens is 291 g/mol. The minimum Gasteiger partial charge on any atom is -0.756 e. The third-order valence-electron chi connectivity index (χ3n) is 1.66. The smallest absolute Gasteiger partial charge is 0.333 e. The fourth-order valence-corrected chi connectivity index (χ4v) is 1.46. The molecule has 1 unspecified atom stereocenters. The summed E-state index contributed by atoms with van der Waals surface area (Å²) in [6.07, 6.45) is 0.934. The molecule has 0 saturated carbocycles. The lowest BCUT2D eigenvalue weighted by atomic mass is 10.4. The van der Waals surface area contributed by atoms with E-state index in [0.717, 1.165) is 6.08 Å². The monoisotopic (exact) mass is 307 g/mol. The predicted octanol–water partition coefficient (Wildman–Crippen LogP) is 0.336. The Morgan fingerprint density at radius 3 is 2.10 bits per heavy atom. The van der Waals surface area contributed by atoms with E-state index in [1.807, 2.05) is 0 Å². The van der Waals surface area contributed by atoms with Crippen molar-refractivity contribution >= 4 is 19.8 Å². The molecule has 0 bridgehead atoms. The Bertz CT molecular complexity index is 417. The van der Waals surface area contributed by atoms with Crippen molar-refractivity contribution in [2.75, 3.05) is 26.4 Å². The van der Waals surface area contributed by atoms with Gasteiger partial charge in [0.2, 0.25) is 0 Å². The fourth-order valence-electron chi connectivity index (χ4n) is 0.794. The first-order valence-electron chi connectivity index (χ1n) is 5.50. The molecule has 1 atom stereocenters. The van der Waals surface area contributed by atoms with E-state index in [2.05, 4.69) is 31.7 Å². The summed E-state index contributed by atoms with van der Waals surface area (Å²) in [4.78, 5) is 32.8. The Morgan fingerprint density at radius 2 is 1.65 bits per heavy atom. The van der Waals surface area contributed by atoms with Crippen LogP contribution in [0.25, 0.3) is 0 Å². The van der Waals surface area contributed by atoms with Crippen molar-refractivity contribution in [3.8, 4) is 0 Å². The number of phosphoric ester groups is 1. The molecule has 0 radical (unpaired) electrons. The van der Waals surface area contributed by atoms with Gasteiger partial charge in [0.1, 0.15) is 13.2 Å². The van der Waals surface area contributed by atoms with Gasteiger partial charge in [0.15, 0.2) is 0 Å². The second-order valence-corrected chi connectivity index (χ2v) is 4.81. The molecule has 0 aliphatic carbocycles. The molecule has 0 aromatic rings. The Balaban J connectivity index is 3.76. The van der Waals surface area contributed by atoms with Gasteiger partial charge in [-0.05, 0) is 6.92 Å². The van der Waals surface area contributed by atoms with Gasteiger partial charge in [-0.25, -0.2) is 9.59 Å². The summed E-state index contributed by atoms with van der Waals surface area (Å²) in [6.45, 7) is 6.68. The van der Waals surface area contributed by atoms with Gasteiger partial charge in [0.05, 0.1) is 13.2 Å². The molecular formula is C11H16O8P-. The van der Waals surface area contributed by atoms with Crippen molar-refractivity contribution in [2.45, 2.75) is 6.92 Å². The number of ether oxygens (including phenoxy) is 2. The van der Waals surface area contributed by atoms with E-state index in [4.69, 9.17) is 0 Å². The van der Waals surface area contributed by atoms with Gasteiger partial charge < -0.3 is 23.4 Å². The second-order valence-electron chi connectivity index (χ2n) is 3.40. The van der Waals surface area contributed by atoms with Crippen LogP contribution in [0.15, 0.2) is 24.8 Å². The highest BCUT2D eigenvalue weighted by molar-refractivity contribution is 7.45. The number of rotatable bonds is 10. The SMILES string of the molecule is C=CC(=O)OCCOP(=O)([O-])OCCOC(=O)C(=C)C. The number of phosphoric acid groups is 1. The topological polar surface area (TPSA) is 111 Å². The zero-order chi connectivity index (χ0) is 15.6. The van der Waals surface area contributed by atoms with Crippen LogP contribution in [0.2, 0.25) is 0 Å². The lowest BCUT2D eigenvalue weighted by molar-refractivity contribution is -0.227. The van der Waals surface area contributed by atoms with Crippen LogP contribution in [-0.4, -0.2) is 38.4 Å². The summed E-state index contributed by atoms with van der Waals surface area (Å²) in [5.41, 5.74) is 0.190. The van der Waals surface area contributed by atoms with Crippen LogP contribution in [0, 0.1) is 0 Å². The third-order valence-corrected chi connectivity index (χ3v) is 2.66. The molecule has 114 valence electrons. The highest BCUT2D eigenvalue weighted by Gasteiger charge is 2.10. The number of carbonyl (C=O) groups is 2. The second kappa shape index (κ2) is 9.44. The van der Waals surface area contributed by atoms with Crippen LogP contribution < -0.4 is 4.89 Å². The van der Waals surface area contributed by atoms with Crippen molar-refractivity contribution in [3.63, 3.8) is 0 Å². The van der Waals surface area contributed by atoms with Gasteiger partial charge in [0, 0.05) is 11.6 Å². The van der Waals surface area contributed by atoms with E-state index in [-0.39, 0.29) is 32.0 Å². The summed E-state index contributed by atoms with van der Waals surface area (Å²) >= 11 is 0. The quantitative estimate of drug-likeness (QED) is 0.246. The van der Waals surface area contributed by atoms with Crippen LogP contribution >= 0.6 is 7.82 Å². The lowest BCUT2D eigenvalue weighted by Crippen LogP contribution is -2.16. The maximum absolute atomic E-state index is 11.2. The van der Waals surface area contributed by atoms with E-state index >= 15 is 0 Å². The van der Waals surface area contributed by atoms with E-state index in [1.165, 1.54) is 6.92 Å². The van der Waals surface area contributed by atoms with Crippen molar-refractivity contribution in [1.29, 1.82) is 0 Å². The van der Waals surface area contributed by atoms with Gasteiger partial charge in [-0.1, -0.05) is 13.2 Å². The van der Waals surface area contributed by atoms with Gasteiger partial charge in [-0.15, -0.1) is 0 Å². The molecule has 0 saturated heterocycles. The summed E-state index contributed by atoms with van der Waals surface area (Å²) < 4.78 is 29.1. The molecule has 20 heavy (non-hydrogen) atoms. The molecule has 0 amide bonds. The first-order valence-corrected chi connectivity index (χ1v) is 6.96. The molecule has 0 aliphatic rings. The third kappa shape index (κ3) is 9.46. The molecule has 9 heteroatoms.